The second-order valence-corrected chi connectivity index (χ2v) is 33.2. The molecule has 10 heteroatoms. The predicted molar refractivity (Wildman–Crippen MR) is 538 cm³/mol. The topological polar surface area (TPSA) is 97.1 Å². The SMILES string of the molecule is c1ccc(-c2nc(-c3ccccc3)nc(-c3ccc(-c4ccc(-n5c6ccccc6c6cc(-c7ccc8c(c7)c7ccccc7n8-c7ccccc7)ccc65)cc4)cc3)n2)cc1.c1ccc(-c2nc(-c3ccccc3)nc(-c3ccc4c5ccccc5c5ccc(-n6c7ccccc7c7cc(-c8ccc9c(c8)c8ccccc8n9-c8ccccc8)ccc76)cc5c4c3)n2)cc1. The molecule has 20 aromatic carbocycles. The fourth-order valence-corrected chi connectivity index (χ4v) is 19.6. The number of aromatic nitrogens is 10. The first-order valence-electron chi connectivity index (χ1n) is 44.0. The van der Waals surface area contributed by atoms with Crippen molar-refractivity contribution in [2.45, 2.75) is 0 Å². The maximum absolute atomic E-state index is 5.12. The molecule has 0 saturated heterocycles. The summed E-state index contributed by atoms with van der Waals surface area (Å²) in [5, 5.41) is 17.0. The van der Waals surface area contributed by atoms with E-state index in [1.165, 1.54) is 137 Å². The first kappa shape index (κ1) is 75.0. The Balaban J connectivity index is 0.000000141. The number of hydrogen-bond acceptors (Lipinski definition) is 6. The number of para-hydroxylation sites is 6. The minimum atomic E-state index is 0.636. The monoisotopic (exact) mass is 1660 g/mol. The number of hydrogen-bond donors (Lipinski definition) is 0. The van der Waals surface area contributed by atoms with Gasteiger partial charge in [0.05, 0.1) is 44.1 Å². The van der Waals surface area contributed by atoms with Crippen LogP contribution in [0.4, 0.5) is 0 Å². The number of fused-ring (bicyclic) bond motifs is 18. The number of nitrogens with zero attached hydrogens (tertiary/aromatic N) is 10. The fraction of sp³-hybridized carbons (Fsp3) is 0. The van der Waals surface area contributed by atoms with Crippen LogP contribution in [0.15, 0.2) is 461 Å². The van der Waals surface area contributed by atoms with E-state index in [9.17, 15) is 0 Å². The Kier molecular flexibility index (Phi) is 18.0. The van der Waals surface area contributed by atoms with Gasteiger partial charge in [-0.2, -0.15) is 0 Å². The first-order chi connectivity index (χ1) is 64.4. The average molecular weight is 1660 g/mol. The van der Waals surface area contributed by atoms with E-state index in [1.54, 1.807) is 0 Å². The molecule has 0 aliphatic carbocycles. The van der Waals surface area contributed by atoms with Crippen molar-refractivity contribution in [2.24, 2.45) is 0 Å². The molecule has 0 radical (unpaired) electrons. The lowest BCUT2D eigenvalue weighted by Crippen LogP contribution is -2.00. The van der Waals surface area contributed by atoms with Crippen molar-refractivity contribution in [3.8, 4) is 124 Å². The highest BCUT2D eigenvalue weighted by Crippen LogP contribution is 2.45. The van der Waals surface area contributed by atoms with Crippen LogP contribution in [-0.4, -0.2) is 48.2 Å². The third-order valence-corrected chi connectivity index (χ3v) is 25.7. The highest BCUT2D eigenvalue weighted by Gasteiger charge is 2.23. The van der Waals surface area contributed by atoms with Crippen LogP contribution in [0.3, 0.4) is 0 Å². The molecule has 0 bridgehead atoms. The van der Waals surface area contributed by atoms with Crippen LogP contribution < -0.4 is 0 Å². The summed E-state index contributed by atoms with van der Waals surface area (Å²) in [5.74, 6) is 3.87. The molecule has 26 aromatic rings. The molecule has 0 fully saturated rings. The predicted octanol–water partition coefficient (Wildman–Crippen LogP) is 30.6. The number of rotatable bonds is 13. The van der Waals surface area contributed by atoms with Crippen molar-refractivity contribution < 1.29 is 0 Å². The van der Waals surface area contributed by atoms with Gasteiger partial charge in [0.1, 0.15) is 0 Å². The zero-order chi connectivity index (χ0) is 85.7. The molecule has 26 rings (SSSR count). The van der Waals surface area contributed by atoms with Gasteiger partial charge in [0.25, 0.3) is 0 Å². The van der Waals surface area contributed by atoms with Crippen molar-refractivity contribution in [3.05, 3.63) is 461 Å². The normalized spacial score (nSPS) is 11.7. The van der Waals surface area contributed by atoms with Crippen LogP contribution in [0, 0.1) is 0 Å². The molecule has 10 nitrogen and oxygen atoms in total. The Bertz CT molecular complexity index is 8820. The standard InChI is InChI=1S/C63H39N5.C57H37N5/c1-4-16-40(17-5-1)61-64-62(41-18-6-2-7-19-41)66-63(65-61)44-28-32-49-47-22-10-11-23-48(47)50-33-31-46(39-54(50)53(49)38-44)68-58-27-15-13-25-52(58)56-37-43(30-35-60(56)68)42-29-34-59-55(36-42)51-24-12-14-26-57(51)67(59)45-20-8-3-9-21-45;1-4-14-40(15-5-1)55-58-56(41-16-6-2-7-17-41)60-57(59-55)42-26-24-38(25-27-42)39-28-32-46(33-29-39)62-52-23-13-11-21-48(52)50-37-44(31-35-54(50)62)43-30-34-53-49(36-43)47-20-10-12-22-51(47)61(53)45-18-8-3-9-19-45/h1-39H;1-37H. The van der Waals surface area contributed by atoms with E-state index >= 15 is 0 Å². The molecule has 0 atom stereocenters. The molecular weight excluding hydrogens is 1580 g/mol. The van der Waals surface area contributed by atoms with Crippen LogP contribution in [0.2, 0.25) is 0 Å². The summed E-state index contributed by atoms with van der Waals surface area (Å²) in [6, 6.07) is 164. The van der Waals surface area contributed by atoms with Gasteiger partial charge >= 0.3 is 0 Å². The second kappa shape index (κ2) is 31.3. The van der Waals surface area contributed by atoms with Crippen molar-refractivity contribution in [1.29, 1.82) is 0 Å². The zero-order valence-corrected chi connectivity index (χ0v) is 70.4. The van der Waals surface area contributed by atoms with Gasteiger partial charge in [-0.25, -0.2) is 29.9 Å². The van der Waals surface area contributed by atoms with Crippen LogP contribution >= 0.6 is 0 Å². The summed E-state index contributed by atoms with van der Waals surface area (Å²) in [6.07, 6.45) is 0. The van der Waals surface area contributed by atoms with E-state index in [1.807, 2.05) is 97.1 Å². The molecule has 0 spiro atoms. The summed E-state index contributed by atoms with van der Waals surface area (Å²) in [7, 11) is 0. The van der Waals surface area contributed by atoms with E-state index in [4.69, 9.17) is 29.9 Å². The van der Waals surface area contributed by atoms with Gasteiger partial charge in [0.2, 0.25) is 0 Å². The average Bonchev–Trinajstić information content (AvgIpc) is 0.745. The Hall–Kier alpha value is -17.6. The Morgan fingerprint density at radius 3 is 0.646 bits per heavy atom. The maximum atomic E-state index is 5.12. The largest absolute Gasteiger partial charge is 0.309 e. The van der Waals surface area contributed by atoms with Gasteiger partial charge in [0.15, 0.2) is 34.9 Å². The molecule has 130 heavy (non-hydrogen) atoms. The highest BCUT2D eigenvalue weighted by molar-refractivity contribution is 6.26. The molecular formula is C120H76N10. The molecule has 0 N–H and O–H groups in total. The van der Waals surface area contributed by atoms with Crippen LogP contribution in [0.5, 0.6) is 0 Å². The number of benzene rings is 20. The molecule has 0 aliphatic heterocycles. The van der Waals surface area contributed by atoms with Crippen molar-refractivity contribution in [1.82, 2.24) is 48.2 Å². The quantitative estimate of drug-likeness (QED) is 0.107. The smallest absolute Gasteiger partial charge is 0.164 e. The lowest BCUT2D eigenvalue weighted by atomic mass is 9.93. The van der Waals surface area contributed by atoms with Crippen LogP contribution in [-0.2, 0) is 0 Å². The van der Waals surface area contributed by atoms with Crippen LogP contribution in [0.25, 0.3) is 244 Å². The van der Waals surface area contributed by atoms with Gasteiger partial charge in [-0.05, 0) is 193 Å². The molecule has 6 aromatic heterocycles. The summed E-state index contributed by atoms with van der Waals surface area (Å²) >= 11 is 0. The van der Waals surface area contributed by atoms with E-state index < -0.39 is 0 Å². The summed E-state index contributed by atoms with van der Waals surface area (Å²) in [6.45, 7) is 0. The van der Waals surface area contributed by atoms with E-state index in [-0.39, 0.29) is 0 Å². The third kappa shape index (κ3) is 13.0. The molecule has 6 heterocycles. The zero-order valence-electron chi connectivity index (χ0n) is 70.4. The summed E-state index contributed by atoms with van der Waals surface area (Å²) in [5.41, 5.74) is 26.8. The Morgan fingerprint density at radius 1 is 0.108 bits per heavy atom. The van der Waals surface area contributed by atoms with Crippen LogP contribution in [0.1, 0.15) is 0 Å². The van der Waals surface area contributed by atoms with Gasteiger partial charge in [-0.3, -0.25) is 0 Å². The maximum Gasteiger partial charge on any atom is 0.164 e. The Morgan fingerprint density at radius 2 is 0.308 bits per heavy atom. The second-order valence-electron chi connectivity index (χ2n) is 33.2. The van der Waals surface area contributed by atoms with E-state index in [0.29, 0.717) is 34.9 Å². The van der Waals surface area contributed by atoms with Crippen molar-refractivity contribution in [2.75, 3.05) is 0 Å². The molecule has 0 saturated carbocycles. The van der Waals surface area contributed by atoms with Gasteiger partial charge in [-0.1, -0.05) is 334 Å². The molecule has 0 unspecified atom stereocenters. The van der Waals surface area contributed by atoms with E-state index in [2.05, 4.69) is 382 Å². The molecule has 606 valence electrons. The van der Waals surface area contributed by atoms with Gasteiger partial charge in [0, 0.05) is 99.2 Å². The van der Waals surface area contributed by atoms with Gasteiger partial charge in [-0.15, -0.1) is 0 Å². The molecule has 0 aliphatic rings. The van der Waals surface area contributed by atoms with Gasteiger partial charge < -0.3 is 18.3 Å². The van der Waals surface area contributed by atoms with E-state index in [0.717, 1.165) is 72.5 Å². The van der Waals surface area contributed by atoms with Crippen molar-refractivity contribution >= 4 is 120 Å². The summed E-state index contributed by atoms with van der Waals surface area (Å²) < 4.78 is 9.55. The highest BCUT2D eigenvalue weighted by atomic mass is 15.1. The van der Waals surface area contributed by atoms with Crippen molar-refractivity contribution in [3.63, 3.8) is 0 Å². The minimum Gasteiger partial charge on any atom is -0.309 e. The lowest BCUT2D eigenvalue weighted by molar-refractivity contribution is 1.07. The lowest BCUT2D eigenvalue weighted by Gasteiger charge is -2.15. The summed E-state index contributed by atoms with van der Waals surface area (Å²) in [4.78, 5) is 29.9. The fourth-order valence-electron chi connectivity index (χ4n) is 19.6. The first-order valence-corrected chi connectivity index (χ1v) is 44.0. The molecule has 0 amide bonds. The Labute approximate surface area is 748 Å². The third-order valence-electron chi connectivity index (χ3n) is 25.7. The minimum absolute atomic E-state index is 0.636.